The number of aliphatic hydroxyl groups excluding tert-OH is 1. The fourth-order valence-corrected chi connectivity index (χ4v) is 1.28. The van der Waals surface area contributed by atoms with Gasteiger partial charge in [-0.05, 0) is 25.1 Å². The van der Waals surface area contributed by atoms with Gasteiger partial charge in [0.25, 0.3) is 0 Å². The van der Waals surface area contributed by atoms with Gasteiger partial charge in [0.2, 0.25) is 0 Å². The van der Waals surface area contributed by atoms with E-state index in [0.29, 0.717) is 11.5 Å². The first-order valence-electron chi connectivity index (χ1n) is 4.04. The smallest absolute Gasteiger partial charge is 0.140 e. The third kappa shape index (κ3) is 1.38. The van der Waals surface area contributed by atoms with E-state index in [1.54, 1.807) is 24.5 Å². The van der Waals surface area contributed by atoms with E-state index in [0.717, 1.165) is 5.56 Å². The van der Waals surface area contributed by atoms with Crippen LogP contribution in [-0.2, 0) is 0 Å². The van der Waals surface area contributed by atoms with E-state index in [1.807, 2.05) is 6.92 Å². The normalized spacial score (nSPS) is 13.1. The standard InChI is InChI=1S/C10H10O3/c1-7-8(4-6-12-7)10(11)9-3-2-5-13-9/h2-6,10-11H,1H3. The molecule has 2 heterocycles. The zero-order valence-electron chi connectivity index (χ0n) is 7.23. The molecule has 0 saturated carbocycles. The maximum absolute atomic E-state index is 9.80. The molecule has 0 bridgehead atoms. The molecule has 3 nitrogen and oxygen atoms in total. The minimum Gasteiger partial charge on any atom is -0.469 e. The second kappa shape index (κ2) is 3.11. The average Bonchev–Trinajstić information content (AvgIpc) is 2.72. The Morgan fingerprint density at radius 2 is 2.08 bits per heavy atom. The summed E-state index contributed by atoms with van der Waals surface area (Å²) in [4.78, 5) is 0. The maximum Gasteiger partial charge on any atom is 0.140 e. The van der Waals surface area contributed by atoms with Gasteiger partial charge in [0, 0.05) is 5.56 Å². The van der Waals surface area contributed by atoms with Crippen molar-refractivity contribution in [2.75, 3.05) is 0 Å². The van der Waals surface area contributed by atoms with Crippen LogP contribution < -0.4 is 0 Å². The van der Waals surface area contributed by atoms with Gasteiger partial charge in [-0.3, -0.25) is 0 Å². The Hall–Kier alpha value is -1.48. The van der Waals surface area contributed by atoms with Crippen molar-refractivity contribution < 1.29 is 13.9 Å². The third-order valence-electron chi connectivity index (χ3n) is 2.01. The first kappa shape index (κ1) is 8.13. The second-order valence-electron chi connectivity index (χ2n) is 2.85. The lowest BCUT2D eigenvalue weighted by Crippen LogP contribution is -1.97. The molecule has 0 aromatic carbocycles. The maximum atomic E-state index is 9.80. The molecule has 0 amide bonds. The molecular formula is C10H10O3. The number of aryl methyl sites for hydroxylation is 1. The predicted molar refractivity (Wildman–Crippen MR) is 46.2 cm³/mol. The van der Waals surface area contributed by atoms with E-state index in [2.05, 4.69) is 0 Å². The fourth-order valence-electron chi connectivity index (χ4n) is 1.28. The topological polar surface area (TPSA) is 46.5 Å². The summed E-state index contributed by atoms with van der Waals surface area (Å²) in [6.07, 6.45) is 2.36. The summed E-state index contributed by atoms with van der Waals surface area (Å²) in [5.74, 6) is 1.24. The number of hydrogen-bond donors (Lipinski definition) is 1. The van der Waals surface area contributed by atoms with Gasteiger partial charge in [-0.2, -0.15) is 0 Å². The summed E-state index contributed by atoms with van der Waals surface area (Å²) in [5.41, 5.74) is 0.745. The van der Waals surface area contributed by atoms with Crippen LogP contribution in [0.2, 0.25) is 0 Å². The quantitative estimate of drug-likeness (QED) is 0.767. The van der Waals surface area contributed by atoms with Gasteiger partial charge < -0.3 is 13.9 Å². The van der Waals surface area contributed by atoms with Gasteiger partial charge in [0.05, 0.1) is 12.5 Å². The van der Waals surface area contributed by atoms with E-state index in [4.69, 9.17) is 8.83 Å². The molecule has 2 aromatic heterocycles. The molecule has 0 radical (unpaired) electrons. The lowest BCUT2D eigenvalue weighted by Gasteiger charge is -2.05. The van der Waals surface area contributed by atoms with Crippen molar-refractivity contribution in [2.24, 2.45) is 0 Å². The highest BCUT2D eigenvalue weighted by Crippen LogP contribution is 2.25. The molecule has 2 aromatic rings. The van der Waals surface area contributed by atoms with Crippen LogP contribution in [0.1, 0.15) is 23.2 Å². The molecule has 68 valence electrons. The molecular weight excluding hydrogens is 168 g/mol. The van der Waals surface area contributed by atoms with Crippen LogP contribution in [0.4, 0.5) is 0 Å². The van der Waals surface area contributed by atoms with Crippen LogP contribution in [0, 0.1) is 6.92 Å². The molecule has 0 fully saturated rings. The first-order chi connectivity index (χ1) is 6.29. The Labute approximate surface area is 75.6 Å². The van der Waals surface area contributed by atoms with Crippen molar-refractivity contribution in [2.45, 2.75) is 13.0 Å². The van der Waals surface area contributed by atoms with E-state index in [9.17, 15) is 5.11 Å². The van der Waals surface area contributed by atoms with Crippen LogP contribution in [0.15, 0.2) is 39.6 Å². The predicted octanol–water partition coefficient (Wildman–Crippen LogP) is 2.26. The van der Waals surface area contributed by atoms with E-state index < -0.39 is 6.10 Å². The zero-order valence-corrected chi connectivity index (χ0v) is 7.23. The van der Waals surface area contributed by atoms with Crippen LogP contribution in [-0.4, -0.2) is 5.11 Å². The SMILES string of the molecule is Cc1occc1C(O)c1ccco1. The molecule has 0 spiro atoms. The molecule has 1 atom stereocenters. The monoisotopic (exact) mass is 178 g/mol. The highest BCUT2D eigenvalue weighted by Gasteiger charge is 2.16. The Bertz CT molecular complexity index is 373. The Balaban J connectivity index is 2.33. The summed E-state index contributed by atoms with van der Waals surface area (Å²) in [5, 5.41) is 9.80. The average molecular weight is 178 g/mol. The summed E-state index contributed by atoms with van der Waals surface area (Å²) >= 11 is 0. The Kier molecular flexibility index (Phi) is 1.94. The van der Waals surface area contributed by atoms with Crippen molar-refractivity contribution in [3.8, 4) is 0 Å². The van der Waals surface area contributed by atoms with E-state index >= 15 is 0 Å². The van der Waals surface area contributed by atoms with Gasteiger partial charge in [-0.1, -0.05) is 0 Å². The summed E-state index contributed by atoms with van der Waals surface area (Å²) < 4.78 is 10.2. The van der Waals surface area contributed by atoms with Crippen molar-refractivity contribution in [3.63, 3.8) is 0 Å². The molecule has 0 saturated heterocycles. The summed E-state index contributed by atoms with van der Waals surface area (Å²) in [7, 11) is 0. The fraction of sp³-hybridized carbons (Fsp3) is 0.200. The highest BCUT2D eigenvalue weighted by molar-refractivity contribution is 5.25. The lowest BCUT2D eigenvalue weighted by atomic mass is 10.1. The van der Waals surface area contributed by atoms with Crippen LogP contribution in [0.3, 0.4) is 0 Å². The van der Waals surface area contributed by atoms with Gasteiger partial charge in [-0.15, -0.1) is 0 Å². The van der Waals surface area contributed by atoms with Gasteiger partial charge in [-0.25, -0.2) is 0 Å². The molecule has 1 N–H and O–H groups in total. The number of hydrogen-bond acceptors (Lipinski definition) is 3. The van der Waals surface area contributed by atoms with Crippen LogP contribution in [0.25, 0.3) is 0 Å². The molecule has 2 rings (SSSR count). The summed E-state index contributed by atoms with van der Waals surface area (Å²) in [6, 6.07) is 5.22. The lowest BCUT2D eigenvalue weighted by molar-refractivity contribution is 0.187. The number of furan rings is 2. The highest BCUT2D eigenvalue weighted by atomic mass is 16.4. The van der Waals surface area contributed by atoms with Crippen molar-refractivity contribution >= 4 is 0 Å². The van der Waals surface area contributed by atoms with Crippen molar-refractivity contribution in [1.29, 1.82) is 0 Å². The molecule has 1 unspecified atom stereocenters. The molecule has 13 heavy (non-hydrogen) atoms. The van der Waals surface area contributed by atoms with Crippen LogP contribution in [0.5, 0.6) is 0 Å². The Morgan fingerprint density at radius 3 is 2.62 bits per heavy atom. The molecule has 0 aliphatic carbocycles. The molecule has 3 heteroatoms. The number of aliphatic hydroxyl groups is 1. The summed E-state index contributed by atoms with van der Waals surface area (Å²) in [6.45, 7) is 1.81. The Morgan fingerprint density at radius 1 is 1.23 bits per heavy atom. The first-order valence-corrected chi connectivity index (χ1v) is 4.04. The van der Waals surface area contributed by atoms with Crippen molar-refractivity contribution in [1.82, 2.24) is 0 Å². The third-order valence-corrected chi connectivity index (χ3v) is 2.01. The minimum absolute atomic E-state index is 0.532. The van der Waals surface area contributed by atoms with E-state index in [-0.39, 0.29) is 0 Å². The van der Waals surface area contributed by atoms with Gasteiger partial charge in [0.15, 0.2) is 0 Å². The molecule has 0 aliphatic heterocycles. The minimum atomic E-state index is -0.728. The van der Waals surface area contributed by atoms with Crippen molar-refractivity contribution in [3.05, 3.63) is 47.8 Å². The van der Waals surface area contributed by atoms with Gasteiger partial charge in [0.1, 0.15) is 17.6 Å². The van der Waals surface area contributed by atoms with Gasteiger partial charge >= 0.3 is 0 Å². The molecule has 0 aliphatic rings. The largest absolute Gasteiger partial charge is 0.469 e. The zero-order chi connectivity index (χ0) is 9.26. The van der Waals surface area contributed by atoms with E-state index in [1.165, 1.54) is 6.26 Å². The van der Waals surface area contributed by atoms with Crippen LogP contribution >= 0.6 is 0 Å². The second-order valence-corrected chi connectivity index (χ2v) is 2.85. The number of rotatable bonds is 2.